The Kier molecular flexibility index (Phi) is 2.03. The minimum Gasteiger partial charge on any atom is -0.508 e. The summed E-state index contributed by atoms with van der Waals surface area (Å²) >= 11 is 0. The minimum absolute atomic E-state index is 0.263. The highest BCUT2D eigenvalue weighted by Crippen LogP contribution is 2.42. The molecule has 1 aliphatic rings. The van der Waals surface area contributed by atoms with Gasteiger partial charge in [-0.3, -0.25) is 0 Å². The summed E-state index contributed by atoms with van der Waals surface area (Å²) in [6, 6.07) is 6.46. The van der Waals surface area contributed by atoms with Gasteiger partial charge < -0.3 is 15.1 Å². The van der Waals surface area contributed by atoms with Crippen LogP contribution in [0.5, 0.6) is 5.75 Å². The molecule has 0 heterocycles. The van der Waals surface area contributed by atoms with Crippen LogP contribution in [0.2, 0.25) is 0 Å². The van der Waals surface area contributed by atoms with Crippen molar-refractivity contribution in [2.45, 2.75) is 31.3 Å². The van der Waals surface area contributed by atoms with Crippen molar-refractivity contribution < 1.29 is 18.4 Å². The summed E-state index contributed by atoms with van der Waals surface area (Å²) in [7, 11) is 0. The third-order valence-corrected chi connectivity index (χ3v) is 3.77. The maximum Gasteiger partial charge on any atom is 0.293 e. The van der Waals surface area contributed by atoms with Gasteiger partial charge in [-0.1, -0.05) is 25.0 Å². The van der Waals surface area contributed by atoms with Gasteiger partial charge in [0.25, 0.3) is 1.43 Å². The molecule has 1 aliphatic carbocycles. The minimum atomic E-state index is -2.78. The van der Waals surface area contributed by atoms with Crippen LogP contribution in [0.15, 0.2) is 24.3 Å². The van der Waals surface area contributed by atoms with Gasteiger partial charge >= 0.3 is 0 Å². The van der Waals surface area contributed by atoms with Gasteiger partial charge in [-0.2, -0.15) is 0 Å². The lowest BCUT2D eigenvalue weighted by molar-refractivity contribution is -0.0619. The Bertz CT molecular complexity index is 576. The van der Waals surface area contributed by atoms with Crippen molar-refractivity contribution in [3.8, 4) is 5.75 Å². The number of aromatic hydroxyl groups is 1. The van der Waals surface area contributed by atoms with Crippen LogP contribution < -0.4 is 0 Å². The van der Waals surface area contributed by atoms with Crippen LogP contribution in [0.3, 0.4) is 0 Å². The molecule has 0 bridgehead atoms. The zero-order valence-electron chi connectivity index (χ0n) is 17.2. The first-order chi connectivity index (χ1) is 11.5. The zero-order valence-corrected chi connectivity index (χ0v) is 10.2. The Balaban J connectivity index is 2.36. The van der Waals surface area contributed by atoms with Crippen molar-refractivity contribution in [3.05, 3.63) is 29.8 Å². The molecule has 0 aromatic heterocycles. The maximum atomic E-state index is 11.3. The van der Waals surface area contributed by atoms with Gasteiger partial charge in [0.1, 0.15) is 5.75 Å². The first-order valence-corrected chi connectivity index (χ1v) is 6.22. The topological polar surface area (TPSA) is 43.7 Å². The van der Waals surface area contributed by atoms with E-state index in [9.17, 15) is 5.11 Å². The van der Waals surface area contributed by atoms with E-state index in [0.29, 0.717) is 23.3 Å². The first kappa shape index (κ1) is 6.92. The maximum absolute atomic E-state index is 11.3. The van der Waals surface area contributed by atoms with Gasteiger partial charge in [0, 0.05) is 20.7 Å². The molecule has 0 radical (unpaired) electrons. The SMILES string of the molecule is [2H]Oc1cccc([C@]2(O)CCCC[C@H]2CN(C([2H])([2H])[2H])C([2H])([2H])[2H])c1. The molecule has 2 rings (SSSR count). The van der Waals surface area contributed by atoms with Crippen LogP contribution in [-0.4, -0.2) is 37.0 Å². The molecule has 2 N–H and O–H groups in total. The molecule has 100 valence electrons. The molecule has 1 aromatic carbocycles. The third-order valence-electron chi connectivity index (χ3n) is 3.77. The molecular weight excluding hydrogens is 226 g/mol. The molecule has 0 aliphatic heterocycles. The quantitative estimate of drug-likeness (QED) is 0.869. The zero-order chi connectivity index (χ0) is 18.9. The fraction of sp³-hybridized carbons (Fsp3) is 0.600. The molecule has 1 fully saturated rings. The number of hydrogen-bond acceptors (Lipinski definition) is 3. The van der Waals surface area contributed by atoms with Crippen molar-refractivity contribution in [2.75, 3.05) is 20.5 Å². The molecule has 18 heavy (non-hydrogen) atoms. The average Bonchev–Trinajstić information content (AvgIpc) is 2.51. The monoisotopic (exact) mass is 256 g/mol. The summed E-state index contributed by atoms with van der Waals surface area (Å²) in [6.07, 6.45) is 2.46. The number of aliphatic hydroxyl groups is 1. The summed E-state index contributed by atoms with van der Waals surface area (Å²) in [5.74, 6) is -0.290. The molecule has 1 saturated carbocycles. The summed E-state index contributed by atoms with van der Waals surface area (Å²) in [6.45, 7) is -5.83. The first-order valence-electron chi connectivity index (χ1n) is 9.63. The van der Waals surface area contributed by atoms with E-state index in [4.69, 9.17) is 9.66 Å². The van der Waals surface area contributed by atoms with Crippen molar-refractivity contribution in [3.63, 3.8) is 0 Å². The summed E-state index contributed by atoms with van der Waals surface area (Å²) in [5, 5.41) is 15.8. The van der Waals surface area contributed by atoms with Gasteiger partial charge in [-0.05, 0) is 44.5 Å². The van der Waals surface area contributed by atoms with Crippen LogP contribution >= 0.6 is 0 Å². The van der Waals surface area contributed by atoms with Gasteiger partial charge in [0.05, 0.1) is 5.60 Å². The lowest BCUT2D eigenvalue weighted by Gasteiger charge is -2.41. The average molecular weight is 256 g/mol. The van der Waals surface area contributed by atoms with Gasteiger partial charge in [-0.15, -0.1) is 0 Å². The summed E-state index contributed by atoms with van der Waals surface area (Å²) < 4.78 is 52.2. The molecule has 0 unspecified atom stereocenters. The highest BCUT2D eigenvalue weighted by molar-refractivity contribution is 5.32. The number of phenols is 1. The fourth-order valence-electron chi connectivity index (χ4n) is 2.84. The highest BCUT2D eigenvalue weighted by atomic mass is 16.3. The van der Waals surface area contributed by atoms with E-state index in [-0.39, 0.29) is 12.3 Å². The molecule has 3 heteroatoms. The lowest BCUT2D eigenvalue weighted by Crippen LogP contribution is -2.43. The van der Waals surface area contributed by atoms with Crippen LogP contribution in [-0.2, 0) is 5.60 Å². The van der Waals surface area contributed by atoms with Gasteiger partial charge in [-0.25, -0.2) is 0 Å². The molecular formula is C15H23NO2. The number of hydrogen-bond donors (Lipinski definition) is 2. The van der Waals surface area contributed by atoms with Crippen molar-refractivity contribution >= 4 is 0 Å². The molecule has 0 amide bonds. The lowest BCUT2D eigenvalue weighted by atomic mass is 9.71. The molecule has 0 saturated heterocycles. The van der Waals surface area contributed by atoms with Crippen molar-refractivity contribution in [2.24, 2.45) is 5.92 Å². The van der Waals surface area contributed by atoms with E-state index in [2.05, 4.69) is 5.11 Å². The number of phenolic OH excluding ortho intramolecular Hbond substituents is 1. The van der Waals surface area contributed by atoms with Crippen LogP contribution in [0, 0.1) is 5.92 Å². The van der Waals surface area contributed by atoms with E-state index in [0.717, 1.165) is 12.8 Å². The number of nitrogens with zero attached hydrogens (tertiary/aromatic N) is 1. The van der Waals surface area contributed by atoms with E-state index in [1.807, 2.05) is 0 Å². The second-order valence-corrected chi connectivity index (χ2v) is 5.01. The van der Waals surface area contributed by atoms with E-state index < -0.39 is 25.5 Å². The van der Waals surface area contributed by atoms with Gasteiger partial charge in [0.15, 0.2) is 0 Å². The molecule has 0 spiro atoms. The van der Waals surface area contributed by atoms with Crippen molar-refractivity contribution in [1.29, 1.82) is 1.43 Å². The Morgan fingerprint density at radius 2 is 2.39 bits per heavy atom. The van der Waals surface area contributed by atoms with E-state index >= 15 is 0 Å². The predicted molar refractivity (Wildman–Crippen MR) is 72.5 cm³/mol. The summed E-state index contributed by atoms with van der Waals surface area (Å²) in [5.41, 5.74) is -0.848. The second kappa shape index (κ2) is 5.29. The normalized spacial score (nSPS) is 35.4. The highest BCUT2D eigenvalue weighted by Gasteiger charge is 2.40. The van der Waals surface area contributed by atoms with E-state index in [1.54, 1.807) is 24.3 Å². The van der Waals surface area contributed by atoms with E-state index in [1.165, 1.54) is 0 Å². The fourth-order valence-corrected chi connectivity index (χ4v) is 2.84. The second-order valence-electron chi connectivity index (χ2n) is 5.01. The summed E-state index contributed by atoms with van der Waals surface area (Å²) in [4.78, 5) is 0.506. The Hall–Kier alpha value is -1.06. The Morgan fingerprint density at radius 3 is 3.17 bits per heavy atom. The molecule has 3 nitrogen and oxygen atoms in total. The largest absolute Gasteiger partial charge is 0.508 e. The Morgan fingerprint density at radius 1 is 1.50 bits per heavy atom. The third kappa shape index (κ3) is 2.68. The smallest absolute Gasteiger partial charge is 0.293 e. The molecule has 2 atom stereocenters. The number of benzene rings is 1. The van der Waals surface area contributed by atoms with Crippen molar-refractivity contribution in [1.82, 2.24) is 4.90 Å². The van der Waals surface area contributed by atoms with Crippen LogP contribution in [0.25, 0.3) is 0 Å². The molecule has 1 aromatic rings. The van der Waals surface area contributed by atoms with Gasteiger partial charge in [0.2, 0.25) is 0 Å². The standard InChI is InChI=1S/C15H23NO2/c1-16(2)11-13-6-3-4-9-15(13,18)12-7-5-8-14(17)10-12/h5,7-8,10,13,17-18H,3-4,6,9,11H2,1-2H3/t13-,15+/m0/s1/i1D3,2D3/hD. The predicted octanol–water partition coefficient (Wildman–Crippen LogP) is 2.33. The van der Waals surface area contributed by atoms with Crippen LogP contribution in [0.4, 0.5) is 0 Å². The van der Waals surface area contributed by atoms with Crippen LogP contribution in [0.1, 0.15) is 39.5 Å². The number of rotatable bonds is 4. The Labute approximate surface area is 119 Å².